The van der Waals surface area contributed by atoms with Crippen LogP contribution in [0.1, 0.15) is 19.6 Å². The number of aliphatic carboxylic acids is 1. The minimum Gasteiger partial charge on any atom is -0.477 e. The minimum atomic E-state index is -5.48. The summed E-state index contributed by atoms with van der Waals surface area (Å²) in [5.41, 5.74) is 7.26. The molecule has 4 rings (SSSR count). The molecule has 3 fully saturated rings. The van der Waals surface area contributed by atoms with Gasteiger partial charge in [-0.15, -0.1) is 0 Å². The third-order valence-corrected chi connectivity index (χ3v) is 8.11. The molecular formula is C20H30N5O15P. The lowest BCUT2D eigenvalue weighted by Crippen LogP contribution is -2.88. The summed E-state index contributed by atoms with van der Waals surface area (Å²) in [7, 11) is -5.48. The highest BCUT2D eigenvalue weighted by molar-refractivity contribution is 7.47. The molecule has 1 amide bonds. The molecule has 3 saturated heterocycles. The van der Waals surface area contributed by atoms with Gasteiger partial charge >= 0.3 is 19.5 Å². The number of aromatic nitrogens is 2. The Labute approximate surface area is 229 Å². The molecule has 1 aromatic rings. The number of likely N-dealkylation sites (tertiary alicyclic amines) is 1. The van der Waals surface area contributed by atoms with Gasteiger partial charge in [0.25, 0.3) is 5.79 Å². The van der Waals surface area contributed by atoms with Crippen LogP contribution in [0.3, 0.4) is 0 Å². The van der Waals surface area contributed by atoms with Crippen LogP contribution in [-0.2, 0) is 32.7 Å². The van der Waals surface area contributed by atoms with Crippen molar-refractivity contribution in [1.29, 1.82) is 0 Å². The molecule has 11 N–H and O–H groups in total. The number of aliphatic hydroxyl groups excluding tert-OH is 4. The third-order valence-electron chi connectivity index (χ3n) is 7.11. The van der Waals surface area contributed by atoms with Gasteiger partial charge in [-0.05, 0) is 6.07 Å². The fourth-order valence-corrected chi connectivity index (χ4v) is 6.13. The lowest BCUT2D eigenvalue weighted by atomic mass is 9.74. The van der Waals surface area contributed by atoms with Crippen molar-refractivity contribution in [2.75, 3.05) is 18.9 Å². The zero-order chi connectivity index (χ0) is 30.7. The van der Waals surface area contributed by atoms with E-state index in [1.807, 2.05) is 0 Å². The number of hydrogen-bond acceptors (Lipinski definition) is 16. The molecule has 20 nitrogen and oxygen atoms in total. The van der Waals surface area contributed by atoms with E-state index in [9.17, 15) is 54.5 Å². The van der Waals surface area contributed by atoms with Crippen LogP contribution in [0, 0.1) is 0 Å². The Bertz CT molecular complexity index is 1300. The standard InChI is InChI=1S/C20H30N5O15P/c1-7(26)25-12-8(27)4-19(17(31)32,39-15(12)20(25,34)10(28)5-21)40-41(35,36)37-6-9-13(29)14(30)16(38-9)24-3-2-11(22)23-18(24)33/h2-3,8-10,12-16,27-30,34H,4-6,21H2,1H3,(H,31,32)(H,35,36)(H2,22,23,33)/t8?,9-,10-,12-,13+,14+,15?,16-,19-,20-/m1/s1. The van der Waals surface area contributed by atoms with Gasteiger partial charge in [-0.25, -0.2) is 18.7 Å². The van der Waals surface area contributed by atoms with Crippen molar-refractivity contribution < 1.29 is 68.2 Å². The molecule has 21 heteroatoms. The van der Waals surface area contributed by atoms with Gasteiger partial charge in [0, 0.05) is 26.1 Å². The van der Waals surface area contributed by atoms with Gasteiger partial charge in [-0.2, -0.15) is 4.98 Å². The highest BCUT2D eigenvalue weighted by Crippen LogP contribution is 2.55. The van der Waals surface area contributed by atoms with Crippen LogP contribution in [0.4, 0.5) is 5.82 Å². The van der Waals surface area contributed by atoms with E-state index in [-0.39, 0.29) is 5.82 Å². The van der Waals surface area contributed by atoms with E-state index in [4.69, 9.17) is 30.0 Å². The monoisotopic (exact) mass is 611 g/mol. The Morgan fingerprint density at radius 3 is 2.54 bits per heavy atom. The maximum Gasteiger partial charge on any atom is 0.475 e. The van der Waals surface area contributed by atoms with Gasteiger partial charge in [-0.1, -0.05) is 0 Å². The largest absolute Gasteiger partial charge is 0.477 e. The van der Waals surface area contributed by atoms with Crippen LogP contribution in [-0.4, -0.2) is 129 Å². The highest BCUT2D eigenvalue weighted by atomic mass is 31.2. The van der Waals surface area contributed by atoms with Crippen molar-refractivity contribution in [2.24, 2.45) is 5.73 Å². The molecule has 0 saturated carbocycles. The van der Waals surface area contributed by atoms with Gasteiger partial charge in [0.1, 0.15) is 36.3 Å². The molecule has 41 heavy (non-hydrogen) atoms. The van der Waals surface area contributed by atoms with Crippen LogP contribution >= 0.6 is 7.82 Å². The number of amides is 1. The average molecular weight is 611 g/mol. The fourth-order valence-electron chi connectivity index (χ4n) is 5.18. The molecule has 0 aliphatic carbocycles. The van der Waals surface area contributed by atoms with Crippen molar-refractivity contribution >= 4 is 25.5 Å². The minimum absolute atomic E-state index is 0.127. The van der Waals surface area contributed by atoms with Gasteiger partial charge in [0.05, 0.1) is 18.8 Å². The molecule has 3 aliphatic rings. The summed E-state index contributed by atoms with van der Waals surface area (Å²) in [5, 5.41) is 62.5. The Hall–Kier alpha value is -2.59. The smallest absolute Gasteiger partial charge is 0.475 e. The first kappa shape index (κ1) is 31.3. The summed E-state index contributed by atoms with van der Waals surface area (Å²) in [5.74, 6) is -6.13. The molecule has 3 aliphatic heterocycles. The van der Waals surface area contributed by atoms with Gasteiger partial charge in [0.2, 0.25) is 5.91 Å². The van der Waals surface area contributed by atoms with E-state index in [2.05, 4.69) is 4.98 Å². The predicted octanol–water partition coefficient (Wildman–Crippen LogP) is -5.25. The summed E-state index contributed by atoms with van der Waals surface area (Å²) in [4.78, 5) is 50.9. The number of ether oxygens (including phenoxy) is 2. The predicted molar refractivity (Wildman–Crippen MR) is 128 cm³/mol. The topological polar surface area (TPSA) is 320 Å². The number of carbonyl (C=O) groups is 2. The van der Waals surface area contributed by atoms with E-state index >= 15 is 0 Å². The number of phosphoric acid groups is 1. The second-order valence-electron chi connectivity index (χ2n) is 9.73. The normalized spacial score (nSPS) is 38.9. The van der Waals surface area contributed by atoms with Crippen molar-refractivity contribution in [2.45, 2.75) is 73.8 Å². The van der Waals surface area contributed by atoms with Crippen LogP contribution in [0.5, 0.6) is 0 Å². The maximum absolute atomic E-state index is 12.8. The van der Waals surface area contributed by atoms with Crippen molar-refractivity contribution in [3.8, 4) is 0 Å². The molecule has 230 valence electrons. The lowest BCUT2D eigenvalue weighted by Gasteiger charge is -2.65. The summed E-state index contributed by atoms with van der Waals surface area (Å²) >= 11 is 0. The first-order chi connectivity index (χ1) is 19.0. The number of aliphatic hydroxyl groups is 5. The lowest BCUT2D eigenvalue weighted by molar-refractivity contribution is -0.397. The number of nitrogens with zero attached hydrogens (tertiary/aromatic N) is 3. The number of hydrogen-bond donors (Lipinski definition) is 9. The molecule has 0 spiro atoms. The van der Waals surface area contributed by atoms with Crippen molar-refractivity contribution in [3.05, 3.63) is 22.7 Å². The average Bonchev–Trinajstić information content (AvgIpc) is 3.15. The summed E-state index contributed by atoms with van der Waals surface area (Å²) in [6, 6.07) is -0.163. The van der Waals surface area contributed by atoms with Crippen molar-refractivity contribution in [3.63, 3.8) is 0 Å². The van der Waals surface area contributed by atoms with E-state index in [0.29, 0.717) is 4.90 Å². The molecule has 0 bridgehead atoms. The number of rotatable bonds is 9. The van der Waals surface area contributed by atoms with E-state index in [1.54, 1.807) is 0 Å². The molecule has 11 atom stereocenters. The number of carboxylic acids is 1. The molecule has 3 unspecified atom stereocenters. The molecule has 0 radical (unpaired) electrons. The third kappa shape index (κ3) is 5.26. The second-order valence-corrected chi connectivity index (χ2v) is 11.1. The fraction of sp³-hybridized carbons (Fsp3) is 0.700. The van der Waals surface area contributed by atoms with Crippen LogP contribution in [0.2, 0.25) is 0 Å². The number of phosphoric ester groups is 1. The molecule has 1 aromatic heterocycles. The number of nitrogen functional groups attached to an aromatic ring is 1. The highest BCUT2D eigenvalue weighted by Gasteiger charge is 2.73. The quantitative estimate of drug-likeness (QED) is 0.118. The Morgan fingerprint density at radius 2 is 1.98 bits per heavy atom. The summed E-state index contributed by atoms with van der Waals surface area (Å²) in [6.07, 6.45) is -12.0. The second kappa shape index (κ2) is 10.9. The van der Waals surface area contributed by atoms with Crippen molar-refractivity contribution in [1.82, 2.24) is 14.5 Å². The Balaban J connectivity index is 1.50. The Kier molecular flexibility index (Phi) is 8.34. The van der Waals surface area contributed by atoms with Gasteiger partial charge in [-0.3, -0.25) is 13.9 Å². The SMILES string of the molecule is CC(=O)N1[C@@H]2C(O)C[C@@](OP(=O)(O)OC[C@H]3O[C@@H](n4ccc(N)nc4=O)[C@@H](O)[C@H]3O)(C(=O)O)OC2[C@]1(O)[C@H](O)CN. The first-order valence-corrected chi connectivity index (χ1v) is 13.5. The summed E-state index contributed by atoms with van der Waals surface area (Å²) in [6.45, 7) is -0.609. The van der Waals surface area contributed by atoms with Crippen LogP contribution in [0.25, 0.3) is 0 Å². The molecule has 4 heterocycles. The Morgan fingerprint density at radius 1 is 1.32 bits per heavy atom. The number of carboxylic acid groups (broad SMARTS) is 1. The molecular weight excluding hydrogens is 581 g/mol. The maximum atomic E-state index is 12.8. The van der Waals surface area contributed by atoms with Crippen LogP contribution in [0.15, 0.2) is 17.1 Å². The number of nitrogens with two attached hydrogens (primary N) is 2. The number of fused-ring (bicyclic) bond motifs is 1. The molecule has 0 aromatic carbocycles. The van der Waals surface area contributed by atoms with Crippen LogP contribution < -0.4 is 17.2 Å². The number of carbonyl (C=O) groups excluding carboxylic acids is 1. The van der Waals surface area contributed by atoms with Gasteiger partial charge < -0.3 is 61.4 Å². The first-order valence-electron chi connectivity index (χ1n) is 12.0. The van der Waals surface area contributed by atoms with Gasteiger partial charge in [0.15, 0.2) is 12.0 Å². The van der Waals surface area contributed by atoms with E-state index in [0.717, 1.165) is 17.7 Å². The van der Waals surface area contributed by atoms with E-state index in [1.165, 1.54) is 6.07 Å². The van der Waals surface area contributed by atoms with E-state index < -0.39 is 105 Å². The zero-order valence-electron chi connectivity index (χ0n) is 21.2. The zero-order valence-corrected chi connectivity index (χ0v) is 22.1. The summed E-state index contributed by atoms with van der Waals surface area (Å²) < 4.78 is 34.0. The number of anilines is 1.